The van der Waals surface area contributed by atoms with Gasteiger partial charge in [-0.25, -0.2) is 0 Å². The highest BCUT2D eigenvalue weighted by atomic mass is 16.2. The van der Waals surface area contributed by atoms with E-state index < -0.39 is 0 Å². The van der Waals surface area contributed by atoms with Crippen LogP contribution in [0.1, 0.15) is 25.8 Å². The summed E-state index contributed by atoms with van der Waals surface area (Å²) in [6.45, 7) is 3.09. The number of hydrogen-bond donors (Lipinski definition) is 0. The number of Topliss-reactive ketones (excluding diaryl/α,β-unsaturated/α-hetero) is 1. The van der Waals surface area contributed by atoms with Gasteiger partial charge in [0.1, 0.15) is 0 Å². The Kier molecular flexibility index (Phi) is 4.15. The molecule has 0 N–H and O–H groups in total. The number of carbonyl (C=O) groups excluding carboxylic acids is 2. The van der Waals surface area contributed by atoms with Crippen LogP contribution < -0.4 is 0 Å². The van der Waals surface area contributed by atoms with E-state index in [2.05, 4.69) is 0 Å². The molecule has 100 valence electrons. The maximum Gasteiger partial charge on any atom is 0.220 e. The molecule has 1 aliphatic heterocycles. The third kappa shape index (κ3) is 3.11. The molecule has 2 rings (SSSR count). The zero-order chi connectivity index (χ0) is 13.8. The van der Waals surface area contributed by atoms with Crippen molar-refractivity contribution in [3.05, 3.63) is 48.0 Å². The molecule has 3 heteroatoms. The molecule has 0 saturated carbocycles. The standard InChI is InChI=1S/C16H19NO2/c1-12(18)16-10-6-9-15(17(16)13(2)19)11-14-7-4-3-5-8-14/h3-9,15-16H,10-11H2,1-2H3/t15-,16+/m1/s1. The Labute approximate surface area is 113 Å². The van der Waals surface area contributed by atoms with Crippen LogP contribution in [0.25, 0.3) is 0 Å². The van der Waals surface area contributed by atoms with Crippen molar-refractivity contribution >= 4 is 11.7 Å². The van der Waals surface area contributed by atoms with E-state index in [9.17, 15) is 9.59 Å². The number of nitrogens with zero attached hydrogens (tertiary/aromatic N) is 1. The van der Waals surface area contributed by atoms with Crippen LogP contribution in [0.2, 0.25) is 0 Å². The predicted octanol–water partition coefficient (Wildman–Crippen LogP) is 2.36. The van der Waals surface area contributed by atoms with Gasteiger partial charge in [0.15, 0.2) is 5.78 Å². The van der Waals surface area contributed by atoms with Crippen LogP contribution in [0.15, 0.2) is 42.5 Å². The number of rotatable bonds is 3. The Balaban J connectivity index is 2.22. The Morgan fingerprint density at radius 1 is 1.21 bits per heavy atom. The normalized spacial score (nSPS) is 22.3. The summed E-state index contributed by atoms with van der Waals surface area (Å²) in [7, 11) is 0. The molecule has 0 radical (unpaired) electrons. The molecular weight excluding hydrogens is 238 g/mol. The molecule has 2 atom stereocenters. The van der Waals surface area contributed by atoms with Gasteiger partial charge < -0.3 is 4.90 Å². The molecule has 0 aromatic heterocycles. The average molecular weight is 257 g/mol. The maximum absolute atomic E-state index is 11.9. The second-order valence-corrected chi connectivity index (χ2v) is 4.97. The predicted molar refractivity (Wildman–Crippen MR) is 74.7 cm³/mol. The highest BCUT2D eigenvalue weighted by molar-refractivity contribution is 5.87. The summed E-state index contributed by atoms with van der Waals surface area (Å²) in [5.74, 6) is 0.0168. The first kappa shape index (κ1) is 13.5. The van der Waals surface area contributed by atoms with Gasteiger partial charge in [-0.3, -0.25) is 9.59 Å². The first-order valence-corrected chi connectivity index (χ1v) is 6.59. The SMILES string of the molecule is CC(=O)[C@@H]1CC=C[C@H](Cc2ccccc2)N1C(C)=O. The molecule has 0 saturated heterocycles. The molecule has 1 aliphatic rings. The summed E-state index contributed by atoms with van der Waals surface area (Å²) in [5.41, 5.74) is 1.17. The van der Waals surface area contributed by atoms with E-state index >= 15 is 0 Å². The highest BCUT2D eigenvalue weighted by Crippen LogP contribution is 2.21. The van der Waals surface area contributed by atoms with Gasteiger partial charge in [-0.15, -0.1) is 0 Å². The zero-order valence-corrected chi connectivity index (χ0v) is 11.4. The fourth-order valence-corrected chi connectivity index (χ4v) is 2.64. The quantitative estimate of drug-likeness (QED) is 0.780. The fourth-order valence-electron chi connectivity index (χ4n) is 2.64. The number of hydrogen-bond acceptors (Lipinski definition) is 2. The van der Waals surface area contributed by atoms with Crippen LogP contribution in [-0.4, -0.2) is 28.7 Å². The average Bonchev–Trinajstić information content (AvgIpc) is 2.39. The van der Waals surface area contributed by atoms with Crippen LogP contribution in [-0.2, 0) is 16.0 Å². The minimum atomic E-state index is -0.309. The first-order chi connectivity index (χ1) is 9.09. The Morgan fingerprint density at radius 3 is 2.47 bits per heavy atom. The molecule has 0 spiro atoms. The summed E-state index contributed by atoms with van der Waals surface area (Å²) in [6.07, 6.45) is 5.42. The minimum absolute atomic E-state index is 0.0254. The van der Waals surface area contributed by atoms with E-state index in [1.807, 2.05) is 42.5 Å². The van der Waals surface area contributed by atoms with Crippen molar-refractivity contribution in [3.8, 4) is 0 Å². The van der Waals surface area contributed by atoms with Crippen LogP contribution in [0.3, 0.4) is 0 Å². The number of carbonyl (C=O) groups is 2. The lowest BCUT2D eigenvalue weighted by atomic mass is 9.95. The molecule has 1 heterocycles. The lowest BCUT2D eigenvalue weighted by Crippen LogP contribution is -2.51. The molecule has 0 fully saturated rings. The van der Waals surface area contributed by atoms with E-state index in [4.69, 9.17) is 0 Å². The van der Waals surface area contributed by atoms with E-state index in [-0.39, 0.29) is 23.8 Å². The molecule has 0 unspecified atom stereocenters. The fraction of sp³-hybridized carbons (Fsp3) is 0.375. The molecule has 0 aliphatic carbocycles. The molecule has 1 aromatic rings. The molecule has 1 aromatic carbocycles. The summed E-state index contributed by atoms with van der Waals surface area (Å²) >= 11 is 0. The zero-order valence-electron chi connectivity index (χ0n) is 11.4. The summed E-state index contributed by atoms with van der Waals surface area (Å²) < 4.78 is 0. The van der Waals surface area contributed by atoms with E-state index in [1.54, 1.807) is 11.8 Å². The van der Waals surface area contributed by atoms with Crippen molar-refractivity contribution in [1.29, 1.82) is 0 Å². The number of amides is 1. The van der Waals surface area contributed by atoms with Crippen molar-refractivity contribution < 1.29 is 9.59 Å². The van der Waals surface area contributed by atoms with Crippen LogP contribution in [0.5, 0.6) is 0 Å². The van der Waals surface area contributed by atoms with Crippen molar-refractivity contribution in [2.75, 3.05) is 0 Å². The summed E-state index contributed by atoms with van der Waals surface area (Å²) in [5, 5.41) is 0. The van der Waals surface area contributed by atoms with Crippen LogP contribution >= 0.6 is 0 Å². The van der Waals surface area contributed by atoms with Crippen molar-refractivity contribution in [2.24, 2.45) is 0 Å². The van der Waals surface area contributed by atoms with E-state index in [1.165, 1.54) is 12.5 Å². The molecule has 3 nitrogen and oxygen atoms in total. The number of ketones is 1. The van der Waals surface area contributed by atoms with Gasteiger partial charge in [0.25, 0.3) is 0 Å². The lowest BCUT2D eigenvalue weighted by Gasteiger charge is -2.37. The topological polar surface area (TPSA) is 37.4 Å². The van der Waals surface area contributed by atoms with Gasteiger partial charge in [-0.05, 0) is 25.3 Å². The summed E-state index contributed by atoms with van der Waals surface area (Å²) in [4.78, 5) is 25.3. The van der Waals surface area contributed by atoms with Gasteiger partial charge in [-0.1, -0.05) is 42.5 Å². The Morgan fingerprint density at radius 2 is 1.89 bits per heavy atom. The van der Waals surface area contributed by atoms with E-state index in [0.29, 0.717) is 6.42 Å². The minimum Gasteiger partial charge on any atom is -0.326 e. The van der Waals surface area contributed by atoms with Crippen molar-refractivity contribution in [3.63, 3.8) is 0 Å². The van der Waals surface area contributed by atoms with E-state index in [0.717, 1.165) is 6.42 Å². The maximum atomic E-state index is 11.9. The second-order valence-electron chi connectivity index (χ2n) is 4.97. The lowest BCUT2D eigenvalue weighted by molar-refractivity contribution is -0.139. The van der Waals surface area contributed by atoms with Gasteiger partial charge in [0, 0.05) is 6.92 Å². The van der Waals surface area contributed by atoms with Gasteiger partial charge in [-0.2, -0.15) is 0 Å². The summed E-state index contributed by atoms with van der Waals surface area (Å²) in [6, 6.07) is 9.71. The van der Waals surface area contributed by atoms with Gasteiger partial charge in [0.05, 0.1) is 12.1 Å². The number of benzene rings is 1. The first-order valence-electron chi connectivity index (χ1n) is 6.59. The molecule has 1 amide bonds. The Hall–Kier alpha value is -1.90. The van der Waals surface area contributed by atoms with Crippen molar-refractivity contribution in [2.45, 2.75) is 38.8 Å². The van der Waals surface area contributed by atoms with Gasteiger partial charge >= 0.3 is 0 Å². The molecular formula is C16H19NO2. The monoisotopic (exact) mass is 257 g/mol. The molecule has 19 heavy (non-hydrogen) atoms. The third-order valence-corrected chi connectivity index (χ3v) is 3.53. The van der Waals surface area contributed by atoms with Crippen LogP contribution in [0.4, 0.5) is 0 Å². The molecule has 0 bridgehead atoms. The van der Waals surface area contributed by atoms with Gasteiger partial charge in [0.2, 0.25) is 5.91 Å². The highest BCUT2D eigenvalue weighted by Gasteiger charge is 2.32. The third-order valence-electron chi connectivity index (χ3n) is 3.53. The van der Waals surface area contributed by atoms with Crippen LogP contribution in [0, 0.1) is 0 Å². The Bertz CT molecular complexity index is 493. The smallest absolute Gasteiger partial charge is 0.220 e. The second kappa shape index (κ2) is 5.83. The largest absolute Gasteiger partial charge is 0.326 e. The van der Waals surface area contributed by atoms with Crippen molar-refractivity contribution in [1.82, 2.24) is 4.90 Å².